The van der Waals surface area contributed by atoms with Crippen molar-refractivity contribution in [2.24, 2.45) is 0 Å². The maximum absolute atomic E-state index is 12.8. The van der Waals surface area contributed by atoms with Gasteiger partial charge in [-0.05, 0) is 218 Å². The molecule has 0 aliphatic carbocycles. The van der Waals surface area contributed by atoms with Crippen LogP contribution in [0.5, 0.6) is 0 Å². The number of alkyl halides is 9. The molecule has 2 amide bonds. The molecule has 0 bridgehead atoms. The van der Waals surface area contributed by atoms with Crippen molar-refractivity contribution in [3.05, 3.63) is 226 Å². The summed E-state index contributed by atoms with van der Waals surface area (Å²) in [5.74, 6) is 1.81. The molecular formula is C80H90BrClF9N12NaO5. The Morgan fingerprint density at radius 3 is 1.29 bits per heavy atom. The molecule has 3 fully saturated rings. The average molecular weight is 1610 g/mol. The first-order valence-corrected chi connectivity index (χ1v) is 36.3. The third kappa shape index (κ3) is 28.7. The van der Waals surface area contributed by atoms with Crippen LogP contribution >= 0.6 is 27.5 Å². The molecule has 4 aromatic heterocycles. The van der Waals surface area contributed by atoms with E-state index in [4.69, 9.17) is 26.8 Å². The summed E-state index contributed by atoms with van der Waals surface area (Å²) in [6.45, 7) is 20.7. The van der Waals surface area contributed by atoms with E-state index in [0.717, 1.165) is 145 Å². The number of nitrogens with two attached hydrogens (primary N) is 1. The third-order valence-corrected chi connectivity index (χ3v) is 17.6. The number of carbonyl (C=O) groups is 2. The third-order valence-electron chi connectivity index (χ3n) is 16.8. The first-order valence-electron chi connectivity index (χ1n) is 35.1. The van der Waals surface area contributed by atoms with E-state index in [2.05, 4.69) is 79.6 Å². The summed E-state index contributed by atoms with van der Waals surface area (Å²) in [5.41, 5.74) is 10.9. The van der Waals surface area contributed by atoms with Crippen LogP contribution in [-0.4, -0.2) is 108 Å². The Morgan fingerprint density at radius 1 is 0.505 bits per heavy atom. The van der Waals surface area contributed by atoms with E-state index >= 15 is 0 Å². The van der Waals surface area contributed by atoms with E-state index < -0.39 is 52.0 Å². The Morgan fingerprint density at radius 2 is 0.881 bits per heavy atom. The minimum atomic E-state index is -4.35. The van der Waals surface area contributed by atoms with Gasteiger partial charge in [-0.1, -0.05) is 84.7 Å². The van der Waals surface area contributed by atoms with Crippen molar-refractivity contribution < 1.29 is 93.2 Å². The van der Waals surface area contributed by atoms with Crippen LogP contribution < -0.4 is 55.9 Å². The second-order valence-corrected chi connectivity index (χ2v) is 30.4. The van der Waals surface area contributed by atoms with Gasteiger partial charge in [0.25, 0.3) is 0 Å². The number of hydrogen-bond donors (Lipinski definition) is 5. The minimum Gasteiger partial charge on any atom is -0.850 e. The summed E-state index contributed by atoms with van der Waals surface area (Å²) in [6.07, 6.45) is -0.693. The first-order chi connectivity index (χ1) is 50.7. The van der Waals surface area contributed by atoms with E-state index in [1.165, 1.54) is 53.9 Å². The number of aromatic nitrogens is 6. The van der Waals surface area contributed by atoms with Gasteiger partial charge in [0, 0.05) is 102 Å². The molecule has 10 aromatic rings. The van der Waals surface area contributed by atoms with Crippen LogP contribution in [0.3, 0.4) is 0 Å². The molecule has 3 aliphatic heterocycles. The molecule has 0 saturated carbocycles. The van der Waals surface area contributed by atoms with Gasteiger partial charge in [-0.2, -0.15) is 39.5 Å². The molecule has 17 nitrogen and oxygen atoms in total. The van der Waals surface area contributed by atoms with Crippen LogP contribution in [0.2, 0.25) is 5.15 Å². The fraction of sp³-hybridized carbons (Fsp3) is 0.375. The second kappa shape index (κ2) is 38.8. The van der Waals surface area contributed by atoms with Crippen molar-refractivity contribution in [3.63, 3.8) is 0 Å². The molecule has 6 N–H and O–H groups in total. The molecule has 13 rings (SSSR count). The van der Waals surface area contributed by atoms with Gasteiger partial charge in [-0.25, -0.2) is 29.5 Å². The molecule has 3 atom stereocenters. The second-order valence-electron chi connectivity index (χ2n) is 29.1. The number of benzene rings is 6. The molecular weight excluding hydrogens is 1520 g/mol. The van der Waals surface area contributed by atoms with Gasteiger partial charge in [0.15, 0.2) is 0 Å². The van der Waals surface area contributed by atoms with Gasteiger partial charge in [-0.15, -0.1) is 5.60 Å². The Labute approximate surface area is 664 Å². The summed E-state index contributed by atoms with van der Waals surface area (Å²) in [7, 11) is 0. The van der Waals surface area contributed by atoms with E-state index in [-0.39, 0.29) is 47.7 Å². The van der Waals surface area contributed by atoms with Gasteiger partial charge < -0.3 is 55.6 Å². The van der Waals surface area contributed by atoms with Gasteiger partial charge in [0.1, 0.15) is 46.1 Å². The van der Waals surface area contributed by atoms with Gasteiger partial charge in [0.2, 0.25) is 0 Å². The predicted octanol–water partition coefficient (Wildman–Crippen LogP) is 18.3. The number of anilines is 6. The van der Waals surface area contributed by atoms with Crippen molar-refractivity contribution in [1.82, 2.24) is 39.7 Å². The summed E-state index contributed by atoms with van der Waals surface area (Å²) >= 11 is 8.77. The van der Waals surface area contributed by atoms with E-state index in [9.17, 15) is 54.2 Å². The van der Waals surface area contributed by atoms with Gasteiger partial charge in [0.05, 0.1) is 27.5 Å². The quantitative estimate of drug-likeness (QED) is 0.0414. The summed E-state index contributed by atoms with van der Waals surface area (Å²) in [5, 5.41) is 18.9. The number of aromatic amines is 2. The standard InChI is InChI=1S/C24H22F3N5.C23H27F3N2O2.C16H24N2O2.C7H4BrF3.C6H4ClN3.C4H9O.Na/c25-24(26,27)18-6-8-19(9-7-18)31-20-5-1-3-16(13-20)17-4-2-12-32(14-17)23-21-10-11-28-22(21)29-15-30-23;1-22(2,3)30-21(29)28-13-5-7-17(15-28)16-6-4-8-20(14-16)27-19-11-9-18(10-12-19)23(24,25)26;1-16(2,3)20-15(19)18-9-5-7-13(11-18)12-6-4-8-14(17)10-12;8-6-3-1-5(2-4-6)7(9,10)11;7-5-4-1-2-8-6(4)10-3-9-5;1-4(2,3)5;/h1,3,5-11,13,15,17,31H,2,4,12,14H2,(H,28,29,30);4,6,8-12,14,17,27H,5,7,13,15H2,1-3H3;4,6,8,10,13H,5,7,9,11,17H2,1-3H3;1-4H;1-3H,(H,8,9,10);1-3H3;/q;;;;;-1;+1. The number of H-pyrrole nitrogens is 2. The smallest absolute Gasteiger partial charge is 0.850 e. The van der Waals surface area contributed by atoms with Crippen LogP contribution in [0.1, 0.15) is 152 Å². The molecule has 0 radical (unpaired) electrons. The van der Waals surface area contributed by atoms with Gasteiger partial charge in [-0.3, -0.25) is 0 Å². The Bertz CT molecular complexity index is 4510. The van der Waals surface area contributed by atoms with E-state index in [1.807, 2.05) is 119 Å². The number of rotatable bonds is 8. The minimum absolute atomic E-state index is 0. The van der Waals surface area contributed by atoms with Crippen LogP contribution in [0.25, 0.3) is 22.1 Å². The SMILES string of the molecule is CC(C)(C)OC(=O)N1CCCC(c2cccc(N)c2)C1.CC(C)(C)OC(=O)N1CCCC(c2cccc(Nc3ccc(C(F)(F)F)cc3)c2)C1.CC(C)(C)[O-].Clc1ncnc2[nH]ccc12.FC(F)(F)c1ccc(Br)cc1.FC(F)(F)c1ccc(Nc2cccc(C3CCCN(c4ncnc5[nH]ccc45)C3)c2)cc1.[Na+]. The predicted molar refractivity (Wildman–Crippen MR) is 409 cm³/mol. The number of carbonyl (C=O) groups excluding carboxylic acids is 2. The molecule has 7 heterocycles. The van der Waals surface area contributed by atoms with Crippen LogP contribution in [-0.2, 0) is 28.0 Å². The van der Waals surface area contributed by atoms with Crippen molar-refractivity contribution in [1.29, 1.82) is 0 Å². The molecule has 3 aliphatic rings. The number of piperidine rings is 3. The molecule has 578 valence electrons. The van der Waals surface area contributed by atoms with Crippen molar-refractivity contribution in [2.45, 2.75) is 154 Å². The summed E-state index contributed by atoms with van der Waals surface area (Å²) in [4.78, 5) is 53.0. The number of halogens is 11. The van der Waals surface area contributed by atoms with Gasteiger partial charge >= 0.3 is 60.3 Å². The number of nitrogens with zero attached hydrogens (tertiary/aromatic N) is 7. The average Bonchev–Trinajstić information content (AvgIpc) is 1.75. The number of likely N-dealkylation sites (tertiary alicyclic amines) is 2. The zero-order chi connectivity index (χ0) is 78.8. The summed E-state index contributed by atoms with van der Waals surface area (Å²) in [6, 6.07) is 42.5. The normalized spacial score (nSPS) is 16.1. The number of hydrogen-bond acceptors (Lipinski definition) is 13. The zero-order valence-corrected chi connectivity index (χ0v) is 66.8. The maximum Gasteiger partial charge on any atom is 1.00 e. The van der Waals surface area contributed by atoms with Crippen molar-refractivity contribution in [2.75, 3.05) is 60.5 Å². The maximum atomic E-state index is 12.8. The number of ether oxygens (including phenoxy) is 2. The fourth-order valence-electron chi connectivity index (χ4n) is 11.9. The molecule has 6 aromatic carbocycles. The molecule has 0 spiro atoms. The Balaban J connectivity index is 0.000000197. The van der Waals surface area contributed by atoms with E-state index in [1.54, 1.807) is 38.2 Å². The first kappa shape index (κ1) is 87.6. The Kier molecular flexibility index (Phi) is 31.2. The largest absolute Gasteiger partial charge is 1.00 e. The monoisotopic (exact) mass is 1610 g/mol. The Hall–Kier alpha value is -8.60. The van der Waals surface area contributed by atoms with Crippen LogP contribution in [0.4, 0.5) is 83.4 Å². The molecule has 3 unspecified atom stereocenters. The van der Waals surface area contributed by atoms with Crippen LogP contribution in [0.15, 0.2) is 187 Å². The summed E-state index contributed by atoms with van der Waals surface area (Å²) < 4.78 is 124. The number of fused-ring (bicyclic) bond motifs is 2. The van der Waals surface area contributed by atoms with Crippen molar-refractivity contribution >= 4 is 96.0 Å². The van der Waals surface area contributed by atoms with Crippen LogP contribution in [0, 0.1) is 0 Å². The van der Waals surface area contributed by atoms with E-state index in [0.29, 0.717) is 52.5 Å². The zero-order valence-electron chi connectivity index (χ0n) is 62.4. The number of nitrogen functional groups attached to an aromatic ring is 1. The number of nitrogens with one attached hydrogen (secondary N) is 4. The molecule has 3 saturated heterocycles. The van der Waals surface area contributed by atoms with Crippen molar-refractivity contribution in [3.8, 4) is 0 Å². The topological polar surface area (TPSA) is 219 Å². The molecule has 109 heavy (non-hydrogen) atoms. The number of amides is 2. The molecule has 29 heteroatoms. The fourth-order valence-corrected chi connectivity index (χ4v) is 12.3.